The molecule has 0 unspecified atom stereocenters. The van der Waals surface area contributed by atoms with Crippen LogP contribution in [0.25, 0.3) is 11.5 Å². The van der Waals surface area contributed by atoms with Gasteiger partial charge < -0.3 is 18.8 Å². The number of hydrogen-bond donors (Lipinski definition) is 1. The third-order valence-corrected chi connectivity index (χ3v) is 8.08. The Morgan fingerprint density at radius 1 is 1.09 bits per heavy atom. The molecule has 2 aliphatic rings. The van der Waals surface area contributed by atoms with E-state index < -0.39 is 10.0 Å². The van der Waals surface area contributed by atoms with Crippen LogP contribution >= 0.6 is 11.3 Å². The molecule has 2 aromatic heterocycles. The molecule has 0 bridgehead atoms. The van der Waals surface area contributed by atoms with Crippen LogP contribution in [0, 0.1) is 0 Å². The van der Waals surface area contributed by atoms with E-state index in [4.69, 9.17) is 13.9 Å². The molecule has 32 heavy (non-hydrogen) atoms. The zero-order valence-electron chi connectivity index (χ0n) is 16.9. The topological polar surface area (TPSA) is 124 Å². The summed E-state index contributed by atoms with van der Waals surface area (Å²) < 4.78 is 44.2. The Kier molecular flexibility index (Phi) is 5.57. The molecule has 1 N–H and O–H groups in total. The largest absolute Gasteiger partial charge is 0.454 e. The number of aromatic nitrogens is 2. The Hall–Kier alpha value is -2.96. The Morgan fingerprint density at radius 3 is 2.75 bits per heavy atom. The molecule has 168 valence electrons. The summed E-state index contributed by atoms with van der Waals surface area (Å²) in [4.78, 5) is 14.2. The fourth-order valence-electron chi connectivity index (χ4n) is 3.53. The van der Waals surface area contributed by atoms with E-state index in [-0.39, 0.29) is 35.2 Å². The van der Waals surface area contributed by atoms with Crippen LogP contribution in [0.5, 0.6) is 11.5 Å². The van der Waals surface area contributed by atoms with Gasteiger partial charge in [0.05, 0.1) is 5.56 Å². The summed E-state index contributed by atoms with van der Waals surface area (Å²) in [5.74, 6) is 0.956. The summed E-state index contributed by atoms with van der Waals surface area (Å²) in [6.07, 6.45) is 3.02. The number of hydrogen-bond acceptors (Lipinski definition) is 9. The van der Waals surface area contributed by atoms with Gasteiger partial charge in [-0.1, -0.05) is 6.07 Å². The molecule has 12 heteroatoms. The molecule has 2 aliphatic heterocycles. The van der Waals surface area contributed by atoms with Gasteiger partial charge in [-0.2, -0.15) is 0 Å². The van der Waals surface area contributed by atoms with Gasteiger partial charge in [-0.3, -0.25) is 4.79 Å². The molecular weight excluding hydrogens is 456 g/mol. The van der Waals surface area contributed by atoms with Crippen LogP contribution in [-0.4, -0.2) is 49.3 Å². The maximum absolute atomic E-state index is 12.7. The summed E-state index contributed by atoms with van der Waals surface area (Å²) in [5.41, 5.74) is 1.19. The summed E-state index contributed by atoms with van der Waals surface area (Å²) in [5, 5.41) is 9.39. The fraction of sp³-hybridized carbons (Fsp3) is 0.350. The van der Waals surface area contributed by atoms with Gasteiger partial charge in [0.1, 0.15) is 4.21 Å². The second-order valence-electron chi connectivity index (χ2n) is 7.43. The highest BCUT2D eigenvalue weighted by Crippen LogP contribution is 2.33. The molecule has 1 fully saturated rings. The van der Waals surface area contributed by atoms with Gasteiger partial charge in [0.2, 0.25) is 22.7 Å². The minimum atomic E-state index is -3.75. The van der Waals surface area contributed by atoms with Crippen molar-refractivity contribution >= 4 is 27.3 Å². The van der Waals surface area contributed by atoms with Crippen LogP contribution in [-0.2, 0) is 16.6 Å². The predicted molar refractivity (Wildman–Crippen MR) is 114 cm³/mol. The van der Waals surface area contributed by atoms with Gasteiger partial charge in [0, 0.05) is 25.0 Å². The van der Waals surface area contributed by atoms with E-state index in [9.17, 15) is 13.2 Å². The lowest BCUT2D eigenvalue weighted by Gasteiger charge is -2.24. The molecule has 0 spiro atoms. The number of likely N-dealkylation sites (tertiary alicyclic amines) is 1. The van der Waals surface area contributed by atoms with E-state index in [1.54, 1.807) is 28.5 Å². The summed E-state index contributed by atoms with van der Waals surface area (Å²) in [6, 6.07) is 6.71. The van der Waals surface area contributed by atoms with Gasteiger partial charge in [0.25, 0.3) is 0 Å². The zero-order chi connectivity index (χ0) is 22.1. The van der Waals surface area contributed by atoms with E-state index in [1.165, 1.54) is 6.07 Å². The number of rotatable bonds is 6. The second-order valence-corrected chi connectivity index (χ2v) is 10.3. The summed E-state index contributed by atoms with van der Waals surface area (Å²) >= 11 is 1.03. The minimum absolute atomic E-state index is 0.0848. The Morgan fingerprint density at radius 2 is 1.91 bits per heavy atom. The fourth-order valence-corrected chi connectivity index (χ4v) is 5.74. The Labute approximate surface area is 188 Å². The Balaban J connectivity index is 1.26. The van der Waals surface area contributed by atoms with Crippen molar-refractivity contribution in [2.75, 3.05) is 19.9 Å². The molecule has 0 aliphatic carbocycles. The number of nitrogens with one attached hydrogen (secondary N) is 1. The minimum Gasteiger partial charge on any atom is -0.454 e. The number of benzene rings is 1. The molecule has 4 heterocycles. The monoisotopic (exact) mass is 476 g/mol. The van der Waals surface area contributed by atoms with Crippen molar-refractivity contribution in [2.45, 2.75) is 30.0 Å². The van der Waals surface area contributed by atoms with E-state index in [1.807, 2.05) is 0 Å². The molecule has 1 saturated heterocycles. The van der Waals surface area contributed by atoms with Crippen LogP contribution in [0.1, 0.15) is 35.5 Å². The molecule has 1 aromatic carbocycles. The third-order valence-electron chi connectivity index (χ3n) is 5.24. The molecule has 0 atom stereocenters. The van der Waals surface area contributed by atoms with Crippen molar-refractivity contribution in [3.8, 4) is 23.0 Å². The number of fused-ring (bicyclic) bond motifs is 1. The van der Waals surface area contributed by atoms with E-state index in [2.05, 4.69) is 14.9 Å². The van der Waals surface area contributed by atoms with Crippen molar-refractivity contribution in [2.24, 2.45) is 0 Å². The highest BCUT2D eigenvalue weighted by molar-refractivity contribution is 7.91. The molecule has 3 aromatic rings. The molecule has 0 saturated carbocycles. The highest BCUT2D eigenvalue weighted by atomic mass is 32.2. The van der Waals surface area contributed by atoms with Gasteiger partial charge >= 0.3 is 11.8 Å². The average molecular weight is 477 g/mol. The lowest BCUT2D eigenvalue weighted by molar-refractivity contribution is 0.0684. The van der Waals surface area contributed by atoms with Crippen LogP contribution in [0.3, 0.4) is 0 Å². The molecule has 1 amide bonds. The van der Waals surface area contributed by atoms with Gasteiger partial charge in [-0.05, 0) is 43.0 Å². The van der Waals surface area contributed by atoms with Crippen molar-refractivity contribution in [1.29, 1.82) is 0 Å². The number of amides is 1. The first-order valence-corrected chi connectivity index (χ1v) is 12.5. The SMILES string of the molecule is O=C(c1nnc(-c2csc(S(=O)(=O)NCc3ccc4c(c3)OCO4)c2)o1)N1CCCCC1. The maximum Gasteiger partial charge on any atom is 0.311 e. The van der Waals surface area contributed by atoms with Gasteiger partial charge in [0.15, 0.2) is 11.5 Å². The predicted octanol–water partition coefficient (Wildman–Crippen LogP) is 2.63. The molecule has 10 nitrogen and oxygen atoms in total. The second kappa shape index (κ2) is 8.52. The normalized spacial score (nSPS) is 15.8. The van der Waals surface area contributed by atoms with Gasteiger partial charge in [-0.15, -0.1) is 21.5 Å². The molecular formula is C20H20N4O6S2. The maximum atomic E-state index is 12.7. The Bertz CT molecular complexity index is 1250. The van der Waals surface area contributed by atoms with Crippen molar-refractivity contribution in [1.82, 2.24) is 19.8 Å². The standard InChI is InChI=1S/C20H20N4O6S2/c25-20(24-6-2-1-3-7-24)19-23-22-18(30-19)14-9-17(31-11-14)32(26,27)21-10-13-4-5-15-16(8-13)29-12-28-15/h4-5,8-9,11,21H,1-3,6-7,10,12H2. The number of thiophene rings is 1. The van der Waals surface area contributed by atoms with E-state index in [0.717, 1.165) is 36.2 Å². The van der Waals surface area contributed by atoms with Crippen molar-refractivity contribution in [3.05, 3.63) is 41.1 Å². The lowest BCUT2D eigenvalue weighted by Crippen LogP contribution is -2.35. The van der Waals surface area contributed by atoms with Crippen LogP contribution in [0.4, 0.5) is 0 Å². The van der Waals surface area contributed by atoms with Crippen LogP contribution < -0.4 is 14.2 Å². The first-order chi connectivity index (χ1) is 15.5. The third kappa shape index (κ3) is 4.20. The van der Waals surface area contributed by atoms with E-state index in [0.29, 0.717) is 30.2 Å². The summed E-state index contributed by atoms with van der Waals surface area (Å²) in [7, 11) is -3.75. The van der Waals surface area contributed by atoms with Crippen LogP contribution in [0.2, 0.25) is 0 Å². The number of nitrogens with zero attached hydrogens (tertiary/aromatic N) is 3. The van der Waals surface area contributed by atoms with Crippen LogP contribution in [0.15, 0.2) is 38.3 Å². The summed E-state index contributed by atoms with van der Waals surface area (Å²) in [6.45, 7) is 1.60. The number of sulfonamides is 1. The molecule has 0 radical (unpaired) electrons. The number of carbonyl (C=O) groups excluding carboxylic acids is 1. The number of ether oxygens (including phenoxy) is 2. The number of piperidine rings is 1. The molecule has 5 rings (SSSR count). The first kappa shape index (κ1) is 20.9. The highest BCUT2D eigenvalue weighted by Gasteiger charge is 2.25. The van der Waals surface area contributed by atoms with Gasteiger partial charge in [-0.25, -0.2) is 13.1 Å². The van der Waals surface area contributed by atoms with E-state index >= 15 is 0 Å². The number of carbonyl (C=O) groups is 1. The smallest absolute Gasteiger partial charge is 0.311 e. The average Bonchev–Trinajstić information content (AvgIpc) is 3.57. The van der Waals surface area contributed by atoms with Crippen molar-refractivity contribution < 1.29 is 27.1 Å². The van der Waals surface area contributed by atoms with Crippen molar-refractivity contribution in [3.63, 3.8) is 0 Å². The quantitative estimate of drug-likeness (QED) is 0.576. The lowest BCUT2D eigenvalue weighted by atomic mass is 10.1. The first-order valence-electron chi connectivity index (χ1n) is 10.1. The zero-order valence-corrected chi connectivity index (χ0v) is 18.6.